The van der Waals surface area contributed by atoms with E-state index in [1.165, 1.54) is 5.56 Å². The Kier molecular flexibility index (Phi) is 6.28. The van der Waals surface area contributed by atoms with Crippen molar-refractivity contribution in [1.82, 2.24) is 0 Å². The van der Waals surface area contributed by atoms with E-state index >= 15 is 0 Å². The number of nitrogens with zero attached hydrogens (tertiary/aromatic N) is 1. The number of carbonyl (C=O) groups is 1. The number of aryl methyl sites for hydroxylation is 1. The molecule has 4 rings (SSSR count). The molecule has 2 atom stereocenters. The average Bonchev–Trinajstić information content (AvgIpc) is 2.82. The molecular weight excluding hydrogens is 386 g/mol. The monoisotopic (exact) mass is 413 g/mol. The van der Waals surface area contributed by atoms with Crippen LogP contribution in [0, 0.1) is 0 Å². The summed E-state index contributed by atoms with van der Waals surface area (Å²) in [7, 11) is 1.65. The molecule has 4 heteroatoms. The standard InChI is InChI=1S/C27H27NO3/c1-28-24-19-21(12-13-25(24)29)18-22-15-17-27(31-26(22)30,23-10-6-3-7-11-23)16-14-20-8-4-2-5-9-20/h2-13,15,19,25,29H,14,16-18H2,1H3. The van der Waals surface area contributed by atoms with Crippen molar-refractivity contribution in [3.8, 4) is 0 Å². The molecule has 2 unspecified atom stereocenters. The van der Waals surface area contributed by atoms with Crippen LogP contribution in [0.3, 0.4) is 0 Å². The Balaban J connectivity index is 1.57. The second kappa shape index (κ2) is 9.27. The Morgan fingerprint density at radius 1 is 1.10 bits per heavy atom. The number of allylic oxidation sites excluding steroid dienone is 2. The van der Waals surface area contributed by atoms with Crippen LogP contribution in [0.5, 0.6) is 0 Å². The Hall–Kier alpha value is -3.24. The first kappa shape index (κ1) is 21.0. The van der Waals surface area contributed by atoms with E-state index in [1.54, 1.807) is 13.1 Å². The summed E-state index contributed by atoms with van der Waals surface area (Å²) in [5.41, 5.74) is 3.77. The van der Waals surface area contributed by atoms with Gasteiger partial charge in [-0.05, 0) is 41.7 Å². The van der Waals surface area contributed by atoms with Gasteiger partial charge in [-0.3, -0.25) is 4.99 Å². The number of ether oxygens (including phenoxy) is 1. The average molecular weight is 414 g/mol. The van der Waals surface area contributed by atoms with Gasteiger partial charge in [0.05, 0.1) is 5.71 Å². The molecule has 1 aliphatic carbocycles. The summed E-state index contributed by atoms with van der Waals surface area (Å²) in [6, 6.07) is 20.3. The number of hydrogen-bond donors (Lipinski definition) is 1. The molecule has 0 saturated heterocycles. The van der Waals surface area contributed by atoms with Gasteiger partial charge in [-0.15, -0.1) is 0 Å². The lowest BCUT2D eigenvalue weighted by Crippen LogP contribution is -2.36. The van der Waals surface area contributed by atoms with Gasteiger partial charge < -0.3 is 9.84 Å². The van der Waals surface area contributed by atoms with E-state index in [-0.39, 0.29) is 5.97 Å². The number of esters is 1. The first-order valence-electron chi connectivity index (χ1n) is 10.6. The molecule has 31 heavy (non-hydrogen) atoms. The van der Waals surface area contributed by atoms with Crippen LogP contribution in [-0.4, -0.2) is 29.9 Å². The number of carbonyl (C=O) groups excluding carboxylic acids is 1. The predicted molar refractivity (Wildman–Crippen MR) is 123 cm³/mol. The Morgan fingerprint density at radius 2 is 1.81 bits per heavy atom. The highest BCUT2D eigenvalue weighted by Gasteiger charge is 2.39. The lowest BCUT2D eigenvalue weighted by Gasteiger charge is -2.37. The third-order valence-electron chi connectivity index (χ3n) is 5.97. The van der Waals surface area contributed by atoms with Crippen LogP contribution in [-0.2, 0) is 21.6 Å². The van der Waals surface area contributed by atoms with E-state index in [2.05, 4.69) is 17.1 Å². The molecule has 0 radical (unpaired) electrons. The molecule has 0 spiro atoms. The van der Waals surface area contributed by atoms with Crippen molar-refractivity contribution in [2.24, 2.45) is 4.99 Å². The minimum Gasteiger partial charge on any atom is -0.450 e. The number of rotatable bonds is 6. The zero-order valence-corrected chi connectivity index (χ0v) is 17.7. The van der Waals surface area contributed by atoms with Gasteiger partial charge in [0.1, 0.15) is 11.7 Å². The third-order valence-corrected chi connectivity index (χ3v) is 5.97. The van der Waals surface area contributed by atoms with E-state index in [0.29, 0.717) is 24.1 Å². The van der Waals surface area contributed by atoms with Gasteiger partial charge >= 0.3 is 5.97 Å². The number of hydrogen-bond acceptors (Lipinski definition) is 4. The first-order valence-corrected chi connectivity index (χ1v) is 10.6. The summed E-state index contributed by atoms with van der Waals surface area (Å²) in [6.07, 6.45) is 9.36. The quantitative estimate of drug-likeness (QED) is 0.698. The van der Waals surface area contributed by atoms with E-state index in [9.17, 15) is 9.90 Å². The number of cyclic esters (lactones) is 1. The van der Waals surface area contributed by atoms with E-state index < -0.39 is 11.7 Å². The van der Waals surface area contributed by atoms with Gasteiger partial charge in [-0.2, -0.15) is 0 Å². The maximum Gasteiger partial charge on any atom is 0.334 e. The molecule has 0 bridgehead atoms. The lowest BCUT2D eigenvalue weighted by molar-refractivity contribution is -0.159. The third kappa shape index (κ3) is 4.75. The number of aliphatic hydroxyl groups excluding tert-OH is 1. The zero-order valence-electron chi connectivity index (χ0n) is 17.7. The second-order valence-corrected chi connectivity index (χ2v) is 8.02. The molecule has 1 heterocycles. The maximum absolute atomic E-state index is 13.1. The topological polar surface area (TPSA) is 58.9 Å². The molecule has 2 aromatic rings. The smallest absolute Gasteiger partial charge is 0.334 e. The highest BCUT2D eigenvalue weighted by atomic mass is 16.6. The Morgan fingerprint density at radius 3 is 2.48 bits per heavy atom. The largest absolute Gasteiger partial charge is 0.450 e. The van der Waals surface area contributed by atoms with Gasteiger partial charge in [0.2, 0.25) is 0 Å². The number of aliphatic imine (C=N–C) groups is 1. The summed E-state index contributed by atoms with van der Waals surface area (Å²) < 4.78 is 6.17. The molecule has 0 fully saturated rings. The molecular formula is C27H27NO3. The molecule has 1 N–H and O–H groups in total. The van der Waals surface area contributed by atoms with Crippen molar-refractivity contribution >= 4 is 11.7 Å². The van der Waals surface area contributed by atoms with Crippen molar-refractivity contribution in [3.05, 3.63) is 107 Å². The highest BCUT2D eigenvalue weighted by Crippen LogP contribution is 2.40. The fraction of sp³-hybridized carbons (Fsp3) is 0.259. The van der Waals surface area contributed by atoms with Gasteiger partial charge in [-0.25, -0.2) is 4.79 Å². The Labute approximate surface area is 183 Å². The molecule has 4 nitrogen and oxygen atoms in total. The molecule has 0 saturated carbocycles. The van der Waals surface area contributed by atoms with Gasteiger partial charge in [-0.1, -0.05) is 72.8 Å². The summed E-state index contributed by atoms with van der Waals surface area (Å²) >= 11 is 0. The molecule has 0 amide bonds. The summed E-state index contributed by atoms with van der Waals surface area (Å²) in [5.74, 6) is -0.279. The first-order chi connectivity index (χ1) is 15.1. The minimum absolute atomic E-state index is 0.279. The fourth-order valence-corrected chi connectivity index (χ4v) is 4.17. The minimum atomic E-state index is -0.690. The van der Waals surface area contributed by atoms with Crippen LogP contribution < -0.4 is 0 Å². The molecule has 1 aliphatic heterocycles. The van der Waals surface area contributed by atoms with E-state index in [0.717, 1.165) is 24.0 Å². The van der Waals surface area contributed by atoms with Crippen LogP contribution in [0.2, 0.25) is 0 Å². The van der Waals surface area contributed by atoms with Crippen LogP contribution in [0.15, 0.2) is 101 Å². The van der Waals surface area contributed by atoms with Crippen molar-refractivity contribution < 1.29 is 14.6 Å². The maximum atomic E-state index is 13.1. The zero-order chi connectivity index (χ0) is 21.7. The highest BCUT2D eigenvalue weighted by molar-refractivity contribution is 6.02. The van der Waals surface area contributed by atoms with Crippen LogP contribution in [0.4, 0.5) is 0 Å². The van der Waals surface area contributed by atoms with Gasteiger partial charge in [0.25, 0.3) is 0 Å². The van der Waals surface area contributed by atoms with Crippen molar-refractivity contribution in [2.45, 2.75) is 37.4 Å². The second-order valence-electron chi connectivity index (χ2n) is 8.02. The van der Waals surface area contributed by atoms with Gasteiger partial charge in [0, 0.05) is 25.5 Å². The normalized spacial score (nSPS) is 24.5. The van der Waals surface area contributed by atoms with Crippen molar-refractivity contribution in [1.29, 1.82) is 0 Å². The lowest BCUT2D eigenvalue weighted by atomic mass is 9.82. The summed E-state index contributed by atoms with van der Waals surface area (Å²) in [4.78, 5) is 17.2. The molecule has 0 aromatic heterocycles. The molecule has 2 aliphatic rings. The van der Waals surface area contributed by atoms with Crippen molar-refractivity contribution in [3.63, 3.8) is 0 Å². The summed E-state index contributed by atoms with van der Waals surface area (Å²) in [5, 5.41) is 9.92. The van der Waals surface area contributed by atoms with Crippen molar-refractivity contribution in [2.75, 3.05) is 7.05 Å². The fourth-order valence-electron chi connectivity index (χ4n) is 4.17. The number of aliphatic hydroxyl groups is 1. The van der Waals surface area contributed by atoms with E-state index in [4.69, 9.17) is 4.74 Å². The van der Waals surface area contributed by atoms with Crippen LogP contribution in [0.1, 0.15) is 30.4 Å². The Bertz CT molecular complexity index is 1050. The molecule has 2 aromatic carbocycles. The van der Waals surface area contributed by atoms with Crippen LogP contribution in [0.25, 0.3) is 0 Å². The van der Waals surface area contributed by atoms with E-state index in [1.807, 2.05) is 66.8 Å². The predicted octanol–water partition coefficient (Wildman–Crippen LogP) is 4.71. The molecule has 158 valence electrons. The SMILES string of the molecule is CN=C1C=C(CC2=CCC(CCc3ccccc3)(c3ccccc3)OC2=O)C=CC1O. The van der Waals surface area contributed by atoms with Crippen LogP contribution >= 0.6 is 0 Å². The summed E-state index contributed by atoms with van der Waals surface area (Å²) in [6.45, 7) is 0. The number of benzene rings is 2. The van der Waals surface area contributed by atoms with Gasteiger partial charge in [0.15, 0.2) is 0 Å².